The van der Waals surface area contributed by atoms with Gasteiger partial charge in [-0.25, -0.2) is 4.79 Å². The maximum Gasteiger partial charge on any atom is 0.322 e. The molecule has 0 aliphatic carbocycles. The van der Waals surface area contributed by atoms with Gasteiger partial charge in [0.15, 0.2) is 0 Å². The second-order valence-electron chi connectivity index (χ2n) is 5.19. The largest absolute Gasteiger partial charge is 0.326 e. The average molecular weight is 311 g/mol. The van der Waals surface area contributed by atoms with Crippen LogP contribution in [0.1, 0.15) is 19.4 Å². The van der Waals surface area contributed by atoms with Crippen molar-refractivity contribution in [2.75, 3.05) is 17.2 Å². The lowest BCUT2D eigenvalue weighted by Crippen LogP contribution is -2.34. The van der Waals surface area contributed by atoms with Crippen LogP contribution in [0.4, 0.5) is 16.2 Å². The number of benzene rings is 2. The van der Waals surface area contributed by atoms with Crippen molar-refractivity contribution in [1.29, 1.82) is 0 Å². The van der Waals surface area contributed by atoms with Gasteiger partial charge in [-0.2, -0.15) is 0 Å². The van der Waals surface area contributed by atoms with Crippen LogP contribution in [0.25, 0.3) is 0 Å². The van der Waals surface area contributed by atoms with Gasteiger partial charge in [-0.05, 0) is 36.8 Å². The monoisotopic (exact) mass is 311 g/mol. The molecular formula is C18H21N3O2. The number of carbonyl (C=O) groups is 2. The summed E-state index contributed by atoms with van der Waals surface area (Å²) in [6.07, 6.45) is 0. The standard InChI is InChI=1S/C18H21N3O2/c1-3-21(13-15-7-5-4-6-8-15)18(23)20-17-11-9-16(10-12-17)19-14(2)22/h4-12H,3,13H2,1-2H3,(H,19,22)(H,20,23). The van der Waals surface area contributed by atoms with Crippen molar-refractivity contribution in [3.05, 3.63) is 60.2 Å². The molecule has 0 fully saturated rings. The Bertz CT molecular complexity index is 654. The van der Waals surface area contributed by atoms with Crippen molar-refractivity contribution >= 4 is 23.3 Å². The van der Waals surface area contributed by atoms with E-state index in [-0.39, 0.29) is 11.9 Å². The zero-order chi connectivity index (χ0) is 16.7. The van der Waals surface area contributed by atoms with Crippen LogP contribution in [-0.2, 0) is 11.3 Å². The van der Waals surface area contributed by atoms with Crippen molar-refractivity contribution < 1.29 is 9.59 Å². The number of rotatable bonds is 5. The molecule has 2 aromatic carbocycles. The van der Waals surface area contributed by atoms with Gasteiger partial charge in [0.25, 0.3) is 0 Å². The highest BCUT2D eigenvalue weighted by molar-refractivity contribution is 5.91. The van der Waals surface area contributed by atoms with Crippen LogP contribution < -0.4 is 10.6 Å². The number of nitrogens with zero attached hydrogens (tertiary/aromatic N) is 1. The Labute approximate surface area is 136 Å². The summed E-state index contributed by atoms with van der Waals surface area (Å²) < 4.78 is 0. The van der Waals surface area contributed by atoms with Crippen LogP contribution >= 0.6 is 0 Å². The number of anilines is 2. The zero-order valence-corrected chi connectivity index (χ0v) is 13.4. The summed E-state index contributed by atoms with van der Waals surface area (Å²) >= 11 is 0. The van der Waals surface area contributed by atoms with E-state index in [1.807, 2.05) is 37.3 Å². The molecular weight excluding hydrogens is 290 g/mol. The van der Waals surface area contributed by atoms with E-state index in [4.69, 9.17) is 0 Å². The zero-order valence-electron chi connectivity index (χ0n) is 13.4. The molecule has 2 N–H and O–H groups in total. The van der Waals surface area contributed by atoms with Gasteiger partial charge >= 0.3 is 6.03 Å². The molecule has 3 amide bonds. The van der Waals surface area contributed by atoms with Gasteiger partial charge in [0.2, 0.25) is 5.91 Å². The summed E-state index contributed by atoms with van der Waals surface area (Å²) in [6.45, 7) is 4.58. The smallest absolute Gasteiger partial charge is 0.322 e. The van der Waals surface area contributed by atoms with Crippen LogP contribution in [0.15, 0.2) is 54.6 Å². The fourth-order valence-corrected chi connectivity index (χ4v) is 2.17. The minimum atomic E-state index is -0.149. The summed E-state index contributed by atoms with van der Waals surface area (Å²) in [5.74, 6) is -0.123. The Morgan fingerprint density at radius 2 is 1.48 bits per heavy atom. The van der Waals surface area contributed by atoms with Crippen molar-refractivity contribution in [1.82, 2.24) is 4.90 Å². The maximum absolute atomic E-state index is 12.4. The number of nitrogens with one attached hydrogen (secondary N) is 2. The van der Waals surface area contributed by atoms with Gasteiger partial charge < -0.3 is 15.5 Å². The van der Waals surface area contributed by atoms with Gasteiger partial charge in [-0.1, -0.05) is 30.3 Å². The van der Waals surface area contributed by atoms with E-state index in [0.29, 0.717) is 24.5 Å². The fourth-order valence-electron chi connectivity index (χ4n) is 2.17. The number of urea groups is 1. The summed E-state index contributed by atoms with van der Waals surface area (Å²) in [4.78, 5) is 25.1. The average Bonchev–Trinajstić information content (AvgIpc) is 2.55. The molecule has 0 aliphatic heterocycles. The van der Waals surface area contributed by atoms with Crippen molar-refractivity contribution in [2.24, 2.45) is 0 Å². The van der Waals surface area contributed by atoms with E-state index in [1.165, 1.54) is 6.92 Å². The molecule has 0 heterocycles. The SMILES string of the molecule is CCN(Cc1ccccc1)C(=O)Nc1ccc(NC(C)=O)cc1. The molecule has 0 bridgehead atoms. The van der Waals surface area contributed by atoms with Gasteiger partial charge in [0, 0.05) is 31.4 Å². The first kappa shape index (κ1) is 16.5. The lowest BCUT2D eigenvalue weighted by molar-refractivity contribution is -0.114. The normalized spacial score (nSPS) is 10.0. The molecule has 0 saturated heterocycles. The molecule has 0 aromatic heterocycles. The first-order valence-corrected chi connectivity index (χ1v) is 7.56. The molecule has 120 valence electrons. The Morgan fingerprint density at radius 3 is 2.00 bits per heavy atom. The van der Waals surface area contributed by atoms with E-state index in [2.05, 4.69) is 10.6 Å². The van der Waals surface area contributed by atoms with Gasteiger partial charge in [-0.3, -0.25) is 4.79 Å². The van der Waals surface area contributed by atoms with E-state index < -0.39 is 0 Å². The molecule has 0 saturated carbocycles. The lowest BCUT2D eigenvalue weighted by Gasteiger charge is -2.21. The van der Waals surface area contributed by atoms with Crippen LogP contribution in [0.2, 0.25) is 0 Å². The highest BCUT2D eigenvalue weighted by Gasteiger charge is 2.12. The Morgan fingerprint density at radius 1 is 0.913 bits per heavy atom. The molecule has 0 atom stereocenters. The van der Waals surface area contributed by atoms with E-state index in [9.17, 15) is 9.59 Å². The van der Waals surface area contributed by atoms with Crippen molar-refractivity contribution in [2.45, 2.75) is 20.4 Å². The Kier molecular flexibility index (Phi) is 5.74. The van der Waals surface area contributed by atoms with E-state index >= 15 is 0 Å². The minimum absolute atomic E-state index is 0.123. The predicted molar refractivity (Wildman–Crippen MR) is 92.3 cm³/mol. The van der Waals surface area contributed by atoms with E-state index in [0.717, 1.165) is 5.56 Å². The second kappa shape index (κ2) is 7.98. The first-order chi connectivity index (χ1) is 11.1. The third kappa shape index (κ3) is 5.14. The van der Waals surface area contributed by atoms with Crippen LogP contribution in [0, 0.1) is 0 Å². The summed E-state index contributed by atoms with van der Waals surface area (Å²) in [5.41, 5.74) is 2.48. The fraction of sp³-hybridized carbons (Fsp3) is 0.222. The number of carbonyl (C=O) groups excluding carboxylic acids is 2. The topological polar surface area (TPSA) is 61.4 Å². The molecule has 2 aromatic rings. The number of hydrogen-bond donors (Lipinski definition) is 2. The van der Waals surface area contributed by atoms with Crippen LogP contribution in [-0.4, -0.2) is 23.4 Å². The highest BCUT2D eigenvalue weighted by Crippen LogP contribution is 2.14. The van der Waals surface area contributed by atoms with Crippen LogP contribution in [0.3, 0.4) is 0 Å². The van der Waals surface area contributed by atoms with Gasteiger partial charge in [0.05, 0.1) is 0 Å². The minimum Gasteiger partial charge on any atom is -0.326 e. The summed E-state index contributed by atoms with van der Waals surface area (Å²) in [7, 11) is 0. The third-order valence-corrected chi connectivity index (χ3v) is 3.34. The molecule has 0 radical (unpaired) electrons. The van der Waals surface area contributed by atoms with Crippen LogP contribution in [0.5, 0.6) is 0 Å². The number of amides is 3. The first-order valence-electron chi connectivity index (χ1n) is 7.56. The van der Waals surface area contributed by atoms with Crippen molar-refractivity contribution in [3.8, 4) is 0 Å². The quantitative estimate of drug-likeness (QED) is 0.884. The summed E-state index contributed by atoms with van der Waals surface area (Å²) in [5, 5.41) is 5.56. The van der Waals surface area contributed by atoms with Crippen molar-refractivity contribution in [3.63, 3.8) is 0 Å². The molecule has 0 spiro atoms. The number of hydrogen-bond acceptors (Lipinski definition) is 2. The molecule has 0 aliphatic rings. The molecule has 5 heteroatoms. The second-order valence-corrected chi connectivity index (χ2v) is 5.19. The Hall–Kier alpha value is -2.82. The third-order valence-electron chi connectivity index (χ3n) is 3.34. The Balaban J connectivity index is 1.97. The van der Waals surface area contributed by atoms with E-state index in [1.54, 1.807) is 29.2 Å². The predicted octanol–water partition coefficient (Wildman–Crippen LogP) is 3.70. The summed E-state index contributed by atoms with van der Waals surface area (Å²) in [6, 6.07) is 16.8. The molecule has 5 nitrogen and oxygen atoms in total. The maximum atomic E-state index is 12.4. The molecule has 0 unspecified atom stereocenters. The molecule has 23 heavy (non-hydrogen) atoms. The highest BCUT2D eigenvalue weighted by atomic mass is 16.2. The van der Waals surface area contributed by atoms with Gasteiger partial charge in [-0.15, -0.1) is 0 Å². The molecule has 2 rings (SSSR count). The van der Waals surface area contributed by atoms with Gasteiger partial charge in [0.1, 0.15) is 0 Å². The lowest BCUT2D eigenvalue weighted by atomic mass is 10.2.